The Morgan fingerprint density at radius 2 is 1.43 bits per heavy atom. The van der Waals surface area contributed by atoms with Crippen molar-refractivity contribution in [2.45, 2.75) is 20.8 Å². The highest BCUT2D eigenvalue weighted by atomic mass is 16.5. The topological polar surface area (TPSA) is 63.3 Å². The van der Waals surface area contributed by atoms with Crippen LogP contribution in [0.4, 0.5) is 0 Å². The van der Waals surface area contributed by atoms with Gasteiger partial charge >= 0.3 is 0 Å². The third-order valence-corrected chi connectivity index (χ3v) is 7.98. The van der Waals surface area contributed by atoms with Crippen molar-refractivity contribution in [2.75, 3.05) is 14.2 Å². The molecular formula is C37H32N4O3. The Bertz CT molecular complexity index is 2150. The highest BCUT2D eigenvalue weighted by Gasteiger charge is 2.20. The van der Waals surface area contributed by atoms with Gasteiger partial charge in [-0.2, -0.15) is 5.10 Å². The molecule has 0 aliphatic rings. The standard InChI is InChI=1S/C37H32N4O3/c1-23-15-16-38-34(17-23)41-32-12-7-6-11-30(32)31-14-13-29(20-33(31)41)44-28-10-8-9-27(19-28)40-22-26(21-39-40)35-36(42-4)24(2)18-25(3)37(35)43-5/h6-22H,1-5H3. The van der Waals surface area contributed by atoms with Crippen molar-refractivity contribution in [3.8, 4) is 45.6 Å². The zero-order valence-corrected chi connectivity index (χ0v) is 25.3. The molecule has 7 nitrogen and oxygen atoms in total. The zero-order valence-electron chi connectivity index (χ0n) is 25.3. The third kappa shape index (κ3) is 4.63. The molecule has 3 heterocycles. The molecule has 44 heavy (non-hydrogen) atoms. The fraction of sp³-hybridized carbons (Fsp3) is 0.135. The van der Waals surface area contributed by atoms with Gasteiger partial charge in [0.05, 0.1) is 42.7 Å². The lowest BCUT2D eigenvalue weighted by atomic mass is 9.99. The van der Waals surface area contributed by atoms with Crippen molar-refractivity contribution in [1.82, 2.24) is 19.3 Å². The number of hydrogen-bond donors (Lipinski definition) is 0. The highest BCUT2D eigenvalue weighted by molar-refractivity contribution is 6.09. The van der Waals surface area contributed by atoms with Gasteiger partial charge in [0.25, 0.3) is 0 Å². The van der Waals surface area contributed by atoms with Crippen LogP contribution in [-0.2, 0) is 0 Å². The Morgan fingerprint density at radius 3 is 2.20 bits per heavy atom. The number of methoxy groups -OCH3 is 2. The fourth-order valence-electron chi connectivity index (χ4n) is 6.06. The molecule has 0 radical (unpaired) electrons. The number of rotatable bonds is 7. The van der Waals surface area contributed by atoms with E-state index in [1.54, 1.807) is 14.2 Å². The monoisotopic (exact) mass is 580 g/mol. The van der Waals surface area contributed by atoms with Crippen LogP contribution in [0.1, 0.15) is 16.7 Å². The molecule has 7 heteroatoms. The second-order valence-corrected chi connectivity index (χ2v) is 10.9. The van der Waals surface area contributed by atoms with Gasteiger partial charge in [-0.25, -0.2) is 9.67 Å². The van der Waals surface area contributed by atoms with Gasteiger partial charge in [0.2, 0.25) is 0 Å². The zero-order chi connectivity index (χ0) is 30.4. The molecular weight excluding hydrogens is 548 g/mol. The molecule has 0 spiro atoms. The van der Waals surface area contributed by atoms with E-state index in [9.17, 15) is 0 Å². The van der Waals surface area contributed by atoms with Crippen LogP contribution in [0.3, 0.4) is 0 Å². The number of fused-ring (bicyclic) bond motifs is 3. The van der Waals surface area contributed by atoms with Gasteiger partial charge in [0.1, 0.15) is 28.8 Å². The van der Waals surface area contributed by atoms with E-state index in [-0.39, 0.29) is 0 Å². The number of para-hydroxylation sites is 1. The molecule has 0 atom stereocenters. The van der Waals surface area contributed by atoms with Crippen molar-refractivity contribution >= 4 is 21.8 Å². The van der Waals surface area contributed by atoms with E-state index in [1.165, 1.54) is 5.39 Å². The van der Waals surface area contributed by atoms with Crippen molar-refractivity contribution in [1.29, 1.82) is 0 Å². The molecule has 0 unspecified atom stereocenters. The van der Waals surface area contributed by atoms with Crippen molar-refractivity contribution in [3.63, 3.8) is 0 Å². The molecule has 7 aromatic rings. The number of aryl methyl sites for hydroxylation is 3. The van der Waals surface area contributed by atoms with E-state index in [0.717, 1.165) is 73.0 Å². The second-order valence-electron chi connectivity index (χ2n) is 10.9. The first-order valence-electron chi connectivity index (χ1n) is 14.5. The summed E-state index contributed by atoms with van der Waals surface area (Å²) in [7, 11) is 3.36. The van der Waals surface area contributed by atoms with E-state index >= 15 is 0 Å². The van der Waals surface area contributed by atoms with Gasteiger partial charge in [-0.1, -0.05) is 24.3 Å². The Hall–Kier alpha value is -5.56. The van der Waals surface area contributed by atoms with Crippen LogP contribution in [-0.4, -0.2) is 33.6 Å². The fourth-order valence-corrected chi connectivity index (χ4v) is 6.06. The van der Waals surface area contributed by atoms with Gasteiger partial charge in [-0.05, 0) is 86.0 Å². The molecule has 0 N–H and O–H groups in total. The van der Waals surface area contributed by atoms with Gasteiger partial charge in [-0.3, -0.25) is 4.57 Å². The normalized spacial score (nSPS) is 11.3. The summed E-state index contributed by atoms with van der Waals surface area (Å²) in [5.41, 5.74) is 8.03. The summed E-state index contributed by atoms with van der Waals surface area (Å²) in [4.78, 5) is 4.69. The molecule has 4 aromatic carbocycles. The SMILES string of the molecule is COc1c(C)cc(C)c(OC)c1-c1cnn(-c2cccc(Oc3ccc4c5ccccc5n(-c5cc(C)ccn5)c4c3)c2)c1. The third-order valence-electron chi connectivity index (χ3n) is 7.98. The van der Waals surface area contributed by atoms with E-state index < -0.39 is 0 Å². The van der Waals surface area contributed by atoms with Gasteiger partial charge < -0.3 is 14.2 Å². The average Bonchev–Trinajstić information content (AvgIpc) is 3.64. The number of benzene rings is 4. The largest absolute Gasteiger partial charge is 0.496 e. The molecule has 0 bridgehead atoms. The Morgan fingerprint density at radius 1 is 0.682 bits per heavy atom. The molecule has 0 aliphatic heterocycles. The lowest BCUT2D eigenvalue weighted by Crippen LogP contribution is -1.98. The number of hydrogen-bond acceptors (Lipinski definition) is 5. The minimum atomic E-state index is 0.705. The van der Waals surface area contributed by atoms with Crippen molar-refractivity contribution < 1.29 is 14.2 Å². The van der Waals surface area contributed by atoms with Gasteiger partial charge in [0.15, 0.2) is 0 Å². The van der Waals surface area contributed by atoms with Crippen LogP contribution in [0.2, 0.25) is 0 Å². The average molecular weight is 581 g/mol. The first kappa shape index (κ1) is 27.3. The maximum Gasteiger partial charge on any atom is 0.137 e. The minimum absolute atomic E-state index is 0.705. The van der Waals surface area contributed by atoms with E-state index in [1.807, 2.05) is 73.5 Å². The maximum absolute atomic E-state index is 6.44. The van der Waals surface area contributed by atoms with Crippen molar-refractivity contribution in [3.05, 3.63) is 120 Å². The number of nitrogens with zero attached hydrogens (tertiary/aromatic N) is 4. The van der Waals surface area contributed by atoms with Crippen LogP contribution >= 0.6 is 0 Å². The van der Waals surface area contributed by atoms with Crippen LogP contribution in [0.5, 0.6) is 23.0 Å². The minimum Gasteiger partial charge on any atom is -0.496 e. The number of aromatic nitrogens is 4. The predicted octanol–water partition coefficient (Wildman–Crippen LogP) is 8.77. The lowest BCUT2D eigenvalue weighted by Gasteiger charge is -2.16. The Labute approximate surface area is 255 Å². The molecule has 0 fully saturated rings. The molecule has 3 aromatic heterocycles. The molecule has 0 saturated heterocycles. The van der Waals surface area contributed by atoms with Crippen LogP contribution in [0.15, 0.2) is 104 Å². The number of ether oxygens (including phenoxy) is 3. The highest BCUT2D eigenvalue weighted by Crippen LogP contribution is 2.43. The summed E-state index contributed by atoms with van der Waals surface area (Å²) in [6.45, 7) is 6.15. The van der Waals surface area contributed by atoms with E-state index in [4.69, 9.17) is 19.2 Å². The molecule has 7 rings (SSSR count). The maximum atomic E-state index is 6.44. The first-order valence-corrected chi connectivity index (χ1v) is 14.5. The lowest BCUT2D eigenvalue weighted by molar-refractivity contribution is 0.393. The predicted molar refractivity (Wildman–Crippen MR) is 175 cm³/mol. The second kappa shape index (κ2) is 10.9. The molecule has 0 aliphatic carbocycles. The van der Waals surface area contributed by atoms with E-state index in [2.05, 4.69) is 65.1 Å². The van der Waals surface area contributed by atoms with Crippen LogP contribution in [0.25, 0.3) is 44.4 Å². The number of pyridine rings is 1. The first-order chi connectivity index (χ1) is 21.4. The molecule has 0 saturated carbocycles. The summed E-state index contributed by atoms with van der Waals surface area (Å²) in [5.74, 6) is 3.87. The quantitative estimate of drug-likeness (QED) is 0.189. The summed E-state index contributed by atoms with van der Waals surface area (Å²) < 4.78 is 22.0. The summed E-state index contributed by atoms with van der Waals surface area (Å²) in [6, 6.07) is 28.7. The van der Waals surface area contributed by atoms with Gasteiger partial charge in [-0.15, -0.1) is 0 Å². The summed E-state index contributed by atoms with van der Waals surface area (Å²) in [5, 5.41) is 7.00. The summed E-state index contributed by atoms with van der Waals surface area (Å²) in [6.07, 6.45) is 5.67. The summed E-state index contributed by atoms with van der Waals surface area (Å²) >= 11 is 0. The van der Waals surface area contributed by atoms with Crippen LogP contribution in [0, 0.1) is 20.8 Å². The van der Waals surface area contributed by atoms with Crippen LogP contribution < -0.4 is 14.2 Å². The van der Waals surface area contributed by atoms with E-state index in [0.29, 0.717) is 5.75 Å². The van der Waals surface area contributed by atoms with Crippen molar-refractivity contribution in [2.24, 2.45) is 0 Å². The molecule has 218 valence electrons. The Balaban J connectivity index is 1.25. The smallest absolute Gasteiger partial charge is 0.137 e. The Kier molecular flexibility index (Phi) is 6.78. The molecule has 0 amide bonds. The van der Waals surface area contributed by atoms with Gasteiger partial charge in [0, 0.05) is 40.9 Å².